The molecule has 0 bridgehead atoms. The van der Waals surface area contributed by atoms with Gasteiger partial charge in [0.15, 0.2) is 0 Å². The molecule has 0 radical (unpaired) electrons. The highest BCUT2D eigenvalue weighted by molar-refractivity contribution is 7.07. The van der Waals surface area contributed by atoms with Gasteiger partial charge in [0.05, 0.1) is 5.60 Å². The van der Waals surface area contributed by atoms with Crippen molar-refractivity contribution in [1.29, 1.82) is 0 Å². The van der Waals surface area contributed by atoms with E-state index in [-0.39, 0.29) is 0 Å². The Morgan fingerprint density at radius 1 is 1.62 bits per heavy atom. The van der Waals surface area contributed by atoms with E-state index in [0.717, 1.165) is 12.8 Å². The zero-order valence-corrected chi connectivity index (χ0v) is 8.97. The molecule has 1 heterocycles. The van der Waals surface area contributed by atoms with Gasteiger partial charge >= 0.3 is 0 Å². The number of rotatable bonds is 2. The van der Waals surface area contributed by atoms with E-state index in [2.05, 4.69) is 30.7 Å². The van der Waals surface area contributed by atoms with Crippen LogP contribution in [0, 0.1) is 11.8 Å². The van der Waals surface area contributed by atoms with Crippen LogP contribution in [0.3, 0.4) is 0 Å². The zero-order valence-electron chi connectivity index (χ0n) is 8.16. The van der Waals surface area contributed by atoms with Crippen molar-refractivity contribution in [1.82, 2.24) is 0 Å². The summed E-state index contributed by atoms with van der Waals surface area (Å²) >= 11 is 1.71. The van der Waals surface area contributed by atoms with Crippen LogP contribution in [0.4, 0.5) is 0 Å². The molecule has 72 valence electrons. The van der Waals surface area contributed by atoms with Crippen LogP contribution in [0.15, 0.2) is 16.8 Å². The van der Waals surface area contributed by atoms with E-state index in [1.807, 2.05) is 0 Å². The lowest BCUT2D eigenvalue weighted by molar-refractivity contribution is -0.123. The summed E-state index contributed by atoms with van der Waals surface area (Å²) in [6.45, 7) is 4.37. The maximum absolute atomic E-state index is 10.2. The minimum atomic E-state index is -0.416. The summed E-state index contributed by atoms with van der Waals surface area (Å²) in [5, 5.41) is 14.4. The second-order valence-corrected chi connectivity index (χ2v) is 5.16. The molecule has 1 N–H and O–H groups in total. The third-order valence-electron chi connectivity index (χ3n) is 3.47. The first-order valence-electron chi connectivity index (χ1n) is 4.85. The zero-order chi connectivity index (χ0) is 9.47. The Labute approximate surface area is 83.4 Å². The van der Waals surface area contributed by atoms with Crippen molar-refractivity contribution < 1.29 is 5.11 Å². The highest BCUT2D eigenvalue weighted by Crippen LogP contribution is 2.45. The maximum atomic E-state index is 10.2. The van der Waals surface area contributed by atoms with E-state index in [0.29, 0.717) is 11.8 Å². The Hall–Kier alpha value is -0.340. The number of hydrogen-bond acceptors (Lipinski definition) is 2. The standard InChI is InChI=1S/C11H16OS/c1-8-5-11(12,9(8)2)6-10-3-4-13-7-10/h3-4,7-9,12H,5-6H2,1-2H3. The lowest BCUT2D eigenvalue weighted by Gasteiger charge is -2.49. The van der Waals surface area contributed by atoms with Crippen LogP contribution < -0.4 is 0 Å². The molecule has 1 saturated carbocycles. The fraction of sp³-hybridized carbons (Fsp3) is 0.636. The van der Waals surface area contributed by atoms with Crippen LogP contribution in [0.1, 0.15) is 25.8 Å². The third kappa shape index (κ3) is 1.53. The van der Waals surface area contributed by atoms with Crippen molar-refractivity contribution in [2.45, 2.75) is 32.3 Å². The number of hydrogen-bond donors (Lipinski definition) is 1. The number of thiophene rings is 1. The monoisotopic (exact) mass is 196 g/mol. The summed E-state index contributed by atoms with van der Waals surface area (Å²) in [7, 11) is 0. The molecule has 2 heteroatoms. The van der Waals surface area contributed by atoms with Crippen LogP contribution in [0.5, 0.6) is 0 Å². The highest BCUT2D eigenvalue weighted by Gasteiger charge is 2.47. The van der Waals surface area contributed by atoms with Crippen molar-refractivity contribution >= 4 is 11.3 Å². The average molecular weight is 196 g/mol. The molecule has 1 aliphatic carbocycles. The molecule has 2 rings (SSSR count). The predicted octanol–water partition coefficient (Wildman–Crippen LogP) is 2.70. The van der Waals surface area contributed by atoms with Crippen molar-refractivity contribution in [2.24, 2.45) is 11.8 Å². The van der Waals surface area contributed by atoms with Gasteiger partial charge in [-0.1, -0.05) is 13.8 Å². The van der Waals surface area contributed by atoms with E-state index in [1.54, 1.807) is 11.3 Å². The Morgan fingerprint density at radius 2 is 2.38 bits per heavy atom. The first-order valence-corrected chi connectivity index (χ1v) is 5.79. The van der Waals surface area contributed by atoms with Gasteiger partial charge in [-0.2, -0.15) is 11.3 Å². The van der Waals surface area contributed by atoms with Gasteiger partial charge in [0.2, 0.25) is 0 Å². The average Bonchev–Trinajstić information content (AvgIpc) is 2.56. The van der Waals surface area contributed by atoms with E-state index in [9.17, 15) is 5.11 Å². The molecule has 0 saturated heterocycles. The van der Waals surface area contributed by atoms with Gasteiger partial charge in [-0.05, 0) is 40.6 Å². The molecule has 0 spiro atoms. The quantitative estimate of drug-likeness (QED) is 0.771. The summed E-state index contributed by atoms with van der Waals surface area (Å²) in [6.07, 6.45) is 1.80. The topological polar surface area (TPSA) is 20.2 Å². The fourth-order valence-electron chi connectivity index (χ4n) is 2.27. The van der Waals surface area contributed by atoms with Crippen LogP contribution in [0.25, 0.3) is 0 Å². The summed E-state index contributed by atoms with van der Waals surface area (Å²) in [6, 6.07) is 2.11. The van der Waals surface area contributed by atoms with Crippen molar-refractivity contribution in [2.75, 3.05) is 0 Å². The van der Waals surface area contributed by atoms with Crippen molar-refractivity contribution in [3.8, 4) is 0 Å². The molecular weight excluding hydrogens is 180 g/mol. The van der Waals surface area contributed by atoms with Gasteiger partial charge < -0.3 is 5.11 Å². The summed E-state index contributed by atoms with van der Waals surface area (Å²) in [5.41, 5.74) is 0.867. The van der Waals surface area contributed by atoms with Crippen molar-refractivity contribution in [3.63, 3.8) is 0 Å². The molecule has 0 amide bonds. The molecule has 1 aromatic heterocycles. The van der Waals surface area contributed by atoms with Gasteiger partial charge in [0.1, 0.15) is 0 Å². The molecule has 0 aromatic carbocycles. The van der Waals surface area contributed by atoms with Crippen LogP contribution >= 0.6 is 11.3 Å². The van der Waals surface area contributed by atoms with E-state index in [1.165, 1.54) is 5.56 Å². The van der Waals surface area contributed by atoms with Gasteiger partial charge in [-0.15, -0.1) is 0 Å². The summed E-state index contributed by atoms with van der Waals surface area (Å²) < 4.78 is 0. The lowest BCUT2D eigenvalue weighted by atomic mass is 9.61. The fourth-order valence-corrected chi connectivity index (χ4v) is 2.94. The van der Waals surface area contributed by atoms with E-state index in [4.69, 9.17) is 0 Å². The third-order valence-corrected chi connectivity index (χ3v) is 4.20. The van der Waals surface area contributed by atoms with Crippen LogP contribution in [-0.4, -0.2) is 10.7 Å². The molecule has 0 aliphatic heterocycles. The summed E-state index contributed by atoms with van der Waals surface area (Å²) in [4.78, 5) is 0. The van der Waals surface area contributed by atoms with Crippen LogP contribution in [0.2, 0.25) is 0 Å². The molecule has 1 fully saturated rings. The molecular formula is C11H16OS. The Morgan fingerprint density at radius 3 is 2.85 bits per heavy atom. The SMILES string of the molecule is CC1CC(O)(Cc2ccsc2)C1C. The van der Waals surface area contributed by atoms with Crippen molar-refractivity contribution in [3.05, 3.63) is 22.4 Å². The minimum Gasteiger partial charge on any atom is -0.389 e. The Bertz CT molecular complexity index is 280. The molecule has 13 heavy (non-hydrogen) atoms. The van der Waals surface area contributed by atoms with E-state index < -0.39 is 5.60 Å². The van der Waals surface area contributed by atoms with Crippen LogP contribution in [-0.2, 0) is 6.42 Å². The molecule has 1 aromatic rings. The smallest absolute Gasteiger partial charge is 0.0718 e. The minimum absolute atomic E-state index is 0.416. The largest absolute Gasteiger partial charge is 0.389 e. The maximum Gasteiger partial charge on any atom is 0.0718 e. The first-order chi connectivity index (χ1) is 6.12. The molecule has 1 nitrogen and oxygen atoms in total. The van der Waals surface area contributed by atoms with Gasteiger partial charge in [0.25, 0.3) is 0 Å². The lowest BCUT2D eigenvalue weighted by Crippen LogP contribution is -2.52. The molecule has 3 atom stereocenters. The predicted molar refractivity (Wildman–Crippen MR) is 55.9 cm³/mol. The van der Waals surface area contributed by atoms with Gasteiger partial charge in [-0.3, -0.25) is 0 Å². The Balaban J connectivity index is 2.03. The number of aliphatic hydroxyl groups is 1. The van der Waals surface area contributed by atoms with E-state index >= 15 is 0 Å². The normalized spacial score (nSPS) is 38.7. The second-order valence-electron chi connectivity index (χ2n) is 4.38. The highest BCUT2D eigenvalue weighted by atomic mass is 32.1. The Kier molecular flexibility index (Phi) is 2.20. The first kappa shape index (κ1) is 9.22. The summed E-state index contributed by atoms with van der Waals surface area (Å²) in [5.74, 6) is 1.14. The van der Waals surface area contributed by atoms with Gasteiger partial charge in [0, 0.05) is 6.42 Å². The molecule has 3 unspecified atom stereocenters. The second kappa shape index (κ2) is 3.10. The van der Waals surface area contributed by atoms with Gasteiger partial charge in [-0.25, -0.2) is 0 Å². The molecule has 1 aliphatic rings.